The van der Waals surface area contributed by atoms with E-state index in [2.05, 4.69) is 15.9 Å². The molecule has 1 amide bonds. The predicted octanol–water partition coefficient (Wildman–Crippen LogP) is 2.00. The van der Waals surface area contributed by atoms with Crippen LogP contribution in [0.5, 0.6) is 0 Å². The summed E-state index contributed by atoms with van der Waals surface area (Å²) in [4.78, 5) is 24.0. The molecule has 8 heteroatoms. The third-order valence-electron chi connectivity index (χ3n) is 2.79. The van der Waals surface area contributed by atoms with Crippen molar-refractivity contribution in [3.8, 4) is 0 Å². The Morgan fingerprint density at radius 1 is 1.63 bits per heavy atom. The van der Waals surface area contributed by atoms with Gasteiger partial charge in [0.15, 0.2) is 5.82 Å². The summed E-state index contributed by atoms with van der Waals surface area (Å²) in [5, 5.41) is 9.03. The highest BCUT2D eigenvalue weighted by Crippen LogP contribution is 2.37. The molecule has 5 nitrogen and oxygen atoms in total. The van der Waals surface area contributed by atoms with E-state index in [1.165, 1.54) is 0 Å². The molecule has 1 fully saturated rings. The van der Waals surface area contributed by atoms with Gasteiger partial charge in [0.2, 0.25) is 5.91 Å². The van der Waals surface area contributed by atoms with Crippen molar-refractivity contribution in [3.05, 3.63) is 26.9 Å². The molecule has 2 rings (SSSR count). The van der Waals surface area contributed by atoms with Crippen LogP contribution in [-0.4, -0.2) is 29.6 Å². The van der Waals surface area contributed by atoms with Gasteiger partial charge < -0.3 is 15.7 Å². The van der Waals surface area contributed by atoms with Crippen molar-refractivity contribution in [2.75, 3.05) is 11.4 Å². The molecule has 0 aromatic heterocycles. The first kappa shape index (κ1) is 14.2. The van der Waals surface area contributed by atoms with Crippen LogP contribution in [0, 0.1) is 5.82 Å². The summed E-state index contributed by atoms with van der Waals surface area (Å²) >= 11 is 8.65. The smallest absolute Gasteiger partial charge is 0.337 e. The molecule has 1 aliphatic heterocycles. The minimum Gasteiger partial charge on any atom is -0.478 e. The molecule has 3 N–H and O–H groups in total. The minimum absolute atomic E-state index is 0.0543. The SMILES string of the molecule is NC1CC(=O)N(c2c(C(=O)O)cc(Cl)c(Br)c2F)C1. The van der Waals surface area contributed by atoms with Gasteiger partial charge >= 0.3 is 5.97 Å². The largest absolute Gasteiger partial charge is 0.478 e. The van der Waals surface area contributed by atoms with E-state index in [9.17, 15) is 14.0 Å². The van der Waals surface area contributed by atoms with Crippen LogP contribution in [0.15, 0.2) is 10.5 Å². The van der Waals surface area contributed by atoms with Gasteiger partial charge in [-0.05, 0) is 22.0 Å². The first-order valence-corrected chi connectivity index (χ1v) is 6.46. The molecule has 0 saturated carbocycles. The zero-order valence-electron chi connectivity index (χ0n) is 9.49. The average molecular weight is 352 g/mol. The summed E-state index contributed by atoms with van der Waals surface area (Å²) in [6, 6.07) is 0.659. The molecule has 0 radical (unpaired) electrons. The van der Waals surface area contributed by atoms with E-state index in [0.717, 1.165) is 11.0 Å². The van der Waals surface area contributed by atoms with Crippen molar-refractivity contribution in [2.24, 2.45) is 5.73 Å². The van der Waals surface area contributed by atoms with Crippen LogP contribution in [0.2, 0.25) is 5.02 Å². The third kappa shape index (κ3) is 2.45. The van der Waals surface area contributed by atoms with E-state index in [0.29, 0.717) is 0 Å². The lowest BCUT2D eigenvalue weighted by molar-refractivity contribution is -0.117. The second-order valence-electron chi connectivity index (χ2n) is 4.16. The molecule has 1 aliphatic rings. The van der Waals surface area contributed by atoms with Gasteiger partial charge in [0.1, 0.15) is 0 Å². The maximum absolute atomic E-state index is 14.2. The Balaban J connectivity index is 2.64. The highest BCUT2D eigenvalue weighted by atomic mass is 79.9. The number of hydrogen-bond donors (Lipinski definition) is 2. The standard InChI is InChI=1S/C11H9BrClFN2O3/c12-8-6(13)2-5(11(18)19)10(9(8)14)16-3-4(15)1-7(16)17/h2,4H,1,3,15H2,(H,18,19). The van der Waals surface area contributed by atoms with Gasteiger partial charge in [-0.25, -0.2) is 9.18 Å². The van der Waals surface area contributed by atoms with Crippen LogP contribution in [-0.2, 0) is 4.79 Å². The number of anilines is 1. The molecule has 0 bridgehead atoms. The van der Waals surface area contributed by atoms with E-state index >= 15 is 0 Å². The first-order chi connectivity index (χ1) is 8.82. The van der Waals surface area contributed by atoms with Crippen LogP contribution in [0.4, 0.5) is 10.1 Å². The number of rotatable bonds is 2. The second-order valence-corrected chi connectivity index (χ2v) is 5.36. The summed E-state index contributed by atoms with van der Waals surface area (Å²) < 4.78 is 14.1. The molecule has 1 heterocycles. The molecular formula is C11H9BrClFN2O3. The molecule has 19 heavy (non-hydrogen) atoms. The van der Waals surface area contributed by atoms with E-state index in [4.69, 9.17) is 22.4 Å². The Hall–Kier alpha value is -1.18. The van der Waals surface area contributed by atoms with Gasteiger partial charge in [0.25, 0.3) is 0 Å². The van der Waals surface area contributed by atoms with E-state index in [1.54, 1.807) is 0 Å². The fraction of sp³-hybridized carbons (Fsp3) is 0.273. The van der Waals surface area contributed by atoms with Gasteiger partial charge in [-0.3, -0.25) is 4.79 Å². The van der Waals surface area contributed by atoms with Crippen LogP contribution >= 0.6 is 27.5 Å². The quantitative estimate of drug-likeness (QED) is 0.798. The van der Waals surface area contributed by atoms with Crippen molar-refractivity contribution < 1.29 is 19.1 Å². The highest BCUT2D eigenvalue weighted by Gasteiger charge is 2.34. The number of carbonyl (C=O) groups excluding carboxylic acids is 1. The first-order valence-electron chi connectivity index (χ1n) is 5.29. The van der Waals surface area contributed by atoms with Gasteiger partial charge in [0.05, 0.1) is 20.7 Å². The number of carbonyl (C=O) groups is 2. The number of nitrogens with zero attached hydrogens (tertiary/aromatic N) is 1. The van der Waals surface area contributed by atoms with Gasteiger partial charge in [-0.1, -0.05) is 11.6 Å². The van der Waals surface area contributed by atoms with Crippen molar-refractivity contribution in [3.63, 3.8) is 0 Å². The number of hydrogen-bond acceptors (Lipinski definition) is 3. The predicted molar refractivity (Wildman–Crippen MR) is 71.0 cm³/mol. The van der Waals surface area contributed by atoms with Crippen LogP contribution < -0.4 is 10.6 Å². The number of carboxylic acids is 1. The van der Waals surface area contributed by atoms with Crippen LogP contribution in [0.25, 0.3) is 0 Å². The zero-order valence-corrected chi connectivity index (χ0v) is 11.8. The van der Waals surface area contributed by atoms with Crippen LogP contribution in [0.3, 0.4) is 0 Å². The maximum Gasteiger partial charge on any atom is 0.337 e. The molecular weight excluding hydrogens is 342 g/mol. The van der Waals surface area contributed by atoms with E-state index < -0.39 is 23.7 Å². The highest BCUT2D eigenvalue weighted by molar-refractivity contribution is 9.10. The van der Waals surface area contributed by atoms with E-state index in [-0.39, 0.29) is 33.7 Å². The number of nitrogens with two attached hydrogens (primary N) is 1. The summed E-state index contributed by atoms with van der Waals surface area (Å²) in [6.45, 7) is 0.0735. The lowest BCUT2D eigenvalue weighted by Gasteiger charge is -2.20. The fourth-order valence-electron chi connectivity index (χ4n) is 1.96. The minimum atomic E-state index is -1.36. The molecule has 1 unspecified atom stereocenters. The Morgan fingerprint density at radius 2 is 2.26 bits per heavy atom. The summed E-state index contributed by atoms with van der Waals surface area (Å²) in [6.07, 6.45) is 0.0543. The Kier molecular flexibility index (Phi) is 3.80. The molecule has 0 aliphatic carbocycles. The van der Waals surface area contributed by atoms with Gasteiger partial charge in [0, 0.05) is 19.0 Å². The van der Waals surface area contributed by atoms with Gasteiger partial charge in [-0.2, -0.15) is 0 Å². The van der Waals surface area contributed by atoms with Gasteiger partial charge in [-0.15, -0.1) is 0 Å². The topological polar surface area (TPSA) is 83.6 Å². The lowest BCUT2D eigenvalue weighted by Crippen LogP contribution is -2.30. The van der Waals surface area contributed by atoms with Crippen molar-refractivity contribution in [1.82, 2.24) is 0 Å². The Labute approximate surface area is 121 Å². The summed E-state index contributed by atoms with van der Waals surface area (Å²) in [5.41, 5.74) is 4.96. The van der Waals surface area contributed by atoms with E-state index in [1.807, 2.05) is 0 Å². The molecule has 1 saturated heterocycles. The average Bonchev–Trinajstić information content (AvgIpc) is 2.64. The second kappa shape index (κ2) is 5.07. The normalized spacial score (nSPS) is 19.1. The zero-order chi connectivity index (χ0) is 14.3. The molecule has 0 spiro atoms. The summed E-state index contributed by atoms with van der Waals surface area (Å²) in [7, 11) is 0. The molecule has 1 aromatic carbocycles. The Morgan fingerprint density at radius 3 is 2.74 bits per heavy atom. The molecule has 102 valence electrons. The van der Waals surface area contributed by atoms with Crippen molar-refractivity contribution in [2.45, 2.75) is 12.5 Å². The fourth-order valence-corrected chi connectivity index (χ4v) is 2.46. The molecule has 1 aromatic rings. The lowest BCUT2D eigenvalue weighted by atomic mass is 10.1. The monoisotopic (exact) mass is 350 g/mol. The number of halogens is 3. The van der Waals surface area contributed by atoms with Crippen molar-refractivity contribution in [1.29, 1.82) is 0 Å². The number of aromatic carboxylic acids is 1. The third-order valence-corrected chi connectivity index (χ3v) is 4.09. The number of benzene rings is 1. The maximum atomic E-state index is 14.2. The molecule has 1 atom stereocenters. The Bertz CT molecular complexity index is 582. The van der Waals surface area contributed by atoms with Crippen LogP contribution in [0.1, 0.15) is 16.8 Å². The van der Waals surface area contributed by atoms with Crippen molar-refractivity contribution >= 4 is 45.1 Å². The summed E-state index contributed by atoms with van der Waals surface area (Å²) in [5.74, 6) is -2.66. The number of amides is 1. The number of carboxylic acid groups (broad SMARTS) is 1.